The maximum absolute atomic E-state index is 13.5. The minimum atomic E-state index is -3.12. The molecular formula is C34H32Cl2F2N8O4. The van der Waals surface area contributed by atoms with Gasteiger partial charge in [-0.2, -0.15) is 19.0 Å². The highest BCUT2D eigenvalue weighted by Gasteiger charge is 2.41. The molecule has 2 aliphatic heterocycles. The van der Waals surface area contributed by atoms with Crippen molar-refractivity contribution in [3.8, 4) is 17.0 Å². The standard InChI is InChI=1S/C34H32Cl2F2N8O4/c35-24-4-2-21(3-5-24)20-49-11-10-43-14-22-16-44(17-23(22)15-43)30(47)19-45-18-28(41-33(48)27-13-40-46-9-1-8-39-32(27)46)31(42-45)26-12-25(36)6-7-29(26)50-34(37)38/h1-9,12-13,18,22-23,34H,10-11,14-17,19-20H2,(H,41,48)/t22-,23+. The number of nitrogens with one attached hydrogen (secondary N) is 1. The van der Waals surface area contributed by atoms with Gasteiger partial charge in [-0.1, -0.05) is 35.3 Å². The molecule has 0 unspecified atom stereocenters. The number of likely N-dealkylation sites (tertiary alicyclic amines) is 2. The van der Waals surface area contributed by atoms with Crippen molar-refractivity contribution in [2.75, 3.05) is 44.6 Å². The summed E-state index contributed by atoms with van der Waals surface area (Å²) in [6.07, 6.45) is 6.04. The Balaban J connectivity index is 1.02. The van der Waals surface area contributed by atoms with Crippen molar-refractivity contribution >= 4 is 46.4 Å². The number of nitrogens with zero attached hydrogens (tertiary/aromatic N) is 7. The maximum atomic E-state index is 13.5. The molecule has 16 heteroatoms. The van der Waals surface area contributed by atoms with Gasteiger partial charge >= 0.3 is 6.61 Å². The summed E-state index contributed by atoms with van der Waals surface area (Å²) in [5.41, 5.74) is 1.95. The summed E-state index contributed by atoms with van der Waals surface area (Å²) in [6, 6.07) is 13.4. The molecule has 0 spiro atoms. The van der Waals surface area contributed by atoms with E-state index in [9.17, 15) is 18.4 Å². The Labute approximate surface area is 295 Å². The van der Waals surface area contributed by atoms with E-state index in [2.05, 4.69) is 25.4 Å². The summed E-state index contributed by atoms with van der Waals surface area (Å²) >= 11 is 12.2. The number of hydrogen-bond acceptors (Lipinski definition) is 8. The van der Waals surface area contributed by atoms with Crippen LogP contribution < -0.4 is 10.1 Å². The first-order valence-corrected chi connectivity index (χ1v) is 16.7. The average molecular weight is 726 g/mol. The quantitative estimate of drug-likeness (QED) is 0.171. The van der Waals surface area contributed by atoms with E-state index in [0.29, 0.717) is 48.8 Å². The largest absolute Gasteiger partial charge is 0.434 e. The van der Waals surface area contributed by atoms with Crippen molar-refractivity contribution < 1.29 is 27.8 Å². The lowest BCUT2D eigenvalue weighted by Gasteiger charge is -2.21. The first kappa shape index (κ1) is 33.8. The number of rotatable bonds is 12. The van der Waals surface area contributed by atoms with Gasteiger partial charge in [-0.3, -0.25) is 14.3 Å². The number of alkyl halides is 2. The Bertz CT molecular complexity index is 1990. The van der Waals surface area contributed by atoms with E-state index in [1.807, 2.05) is 29.2 Å². The summed E-state index contributed by atoms with van der Waals surface area (Å²) in [5.74, 6) is -0.208. The molecule has 260 valence electrons. The number of fused-ring (bicyclic) bond motifs is 2. The fraction of sp³-hybridized carbons (Fsp3) is 0.324. The Kier molecular flexibility index (Phi) is 9.95. The minimum Gasteiger partial charge on any atom is -0.434 e. The zero-order valence-electron chi connectivity index (χ0n) is 26.6. The van der Waals surface area contributed by atoms with Crippen LogP contribution in [0.4, 0.5) is 14.5 Å². The molecule has 2 amide bonds. The van der Waals surface area contributed by atoms with E-state index in [-0.39, 0.29) is 45.7 Å². The van der Waals surface area contributed by atoms with Crippen LogP contribution in [-0.4, -0.2) is 91.9 Å². The highest BCUT2D eigenvalue weighted by atomic mass is 35.5. The fourth-order valence-corrected chi connectivity index (χ4v) is 6.83. The van der Waals surface area contributed by atoms with Crippen LogP contribution in [0.3, 0.4) is 0 Å². The smallest absolute Gasteiger partial charge is 0.387 e. The molecule has 1 N–H and O–H groups in total. The summed E-state index contributed by atoms with van der Waals surface area (Å²) in [6.45, 7) is 1.68. The normalized spacial score (nSPS) is 17.5. The predicted octanol–water partition coefficient (Wildman–Crippen LogP) is 5.36. The van der Waals surface area contributed by atoms with Gasteiger partial charge in [-0.25, -0.2) is 9.50 Å². The Hall–Kier alpha value is -4.63. The highest BCUT2D eigenvalue weighted by molar-refractivity contribution is 6.31. The number of anilines is 1. The van der Waals surface area contributed by atoms with Crippen LogP contribution in [0.1, 0.15) is 15.9 Å². The number of benzene rings is 2. The second kappa shape index (κ2) is 14.7. The summed E-state index contributed by atoms with van der Waals surface area (Å²) in [4.78, 5) is 35.4. The number of carbonyl (C=O) groups excluding carboxylic acids is 2. The average Bonchev–Trinajstić information content (AvgIpc) is 3.87. The number of amides is 2. The first-order valence-electron chi connectivity index (χ1n) is 15.9. The third-order valence-corrected chi connectivity index (χ3v) is 9.38. The van der Waals surface area contributed by atoms with E-state index >= 15 is 0 Å². The highest BCUT2D eigenvalue weighted by Crippen LogP contribution is 2.37. The number of hydrogen-bond donors (Lipinski definition) is 1. The van der Waals surface area contributed by atoms with Crippen molar-refractivity contribution in [1.82, 2.24) is 34.2 Å². The van der Waals surface area contributed by atoms with Gasteiger partial charge in [0.25, 0.3) is 5.91 Å². The molecular weight excluding hydrogens is 693 g/mol. The van der Waals surface area contributed by atoms with Crippen LogP contribution in [-0.2, 0) is 22.7 Å². The summed E-state index contributed by atoms with van der Waals surface area (Å²) in [7, 11) is 0. The third-order valence-electron chi connectivity index (χ3n) is 8.89. The maximum Gasteiger partial charge on any atom is 0.387 e. The molecule has 5 heterocycles. The molecule has 5 aromatic rings. The minimum absolute atomic E-state index is 0.0981. The molecule has 0 bridgehead atoms. The molecule has 0 aliphatic carbocycles. The lowest BCUT2D eigenvalue weighted by molar-refractivity contribution is -0.131. The van der Waals surface area contributed by atoms with Crippen LogP contribution >= 0.6 is 23.2 Å². The SMILES string of the molecule is O=C(Nc1cn(CC(=O)N2C[C@H]3CN(CCOCc4ccc(Cl)cc4)C[C@H]3C2)nc1-c1cc(Cl)ccc1OC(F)F)c1cnn2cccnc12. The van der Waals surface area contributed by atoms with Crippen molar-refractivity contribution in [2.24, 2.45) is 11.8 Å². The van der Waals surface area contributed by atoms with Crippen LogP contribution in [0.5, 0.6) is 5.75 Å². The van der Waals surface area contributed by atoms with Gasteiger partial charge in [0.1, 0.15) is 23.6 Å². The van der Waals surface area contributed by atoms with Gasteiger partial charge in [0.15, 0.2) is 5.65 Å². The summed E-state index contributed by atoms with van der Waals surface area (Å²) in [5, 5.41) is 12.4. The molecule has 2 fully saturated rings. The molecule has 12 nitrogen and oxygen atoms in total. The van der Waals surface area contributed by atoms with Gasteiger partial charge in [0.2, 0.25) is 5.91 Å². The van der Waals surface area contributed by atoms with Crippen molar-refractivity contribution in [3.05, 3.63) is 94.5 Å². The first-order chi connectivity index (χ1) is 24.2. The molecule has 2 aliphatic rings. The van der Waals surface area contributed by atoms with Crippen LogP contribution in [0.2, 0.25) is 10.0 Å². The van der Waals surface area contributed by atoms with Crippen molar-refractivity contribution in [2.45, 2.75) is 19.8 Å². The lowest BCUT2D eigenvalue weighted by atomic mass is 10.0. The van der Waals surface area contributed by atoms with E-state index in [4.69, 9.17) is 32.7 Å². The topological polar surface area (TPSA) is 119 Å². The van der Waals surface area contributed by atoms with Crippen LogP contribution in [0.25, 0.3) is 16.9 Å². The zero-order valence-corrected chi connectivity index (χ0v) is 28.1. The van der Waals surface area contributed by atoms with E-state index in [1.165, 1.54) is 46.0 Å². The van der Waals surface area contributed by atoms with Gasteiger partial charge < -0.3 is 24.6 Å². The van der Waals surface area contributed by atoms with Crippen molar-refractivity contribution in [1.29, 1.82) is 0 Å². The molecule has 2 aromatic carbocycles. The molecule has 2 saturated heterocycles. The molecule has 7 rings (SSSR count). The van der Waals surface area contributed by atoms with E-state index < -0.39 is 12.5 Å². The fourth-order valence-electron chi connectivity index (χ4n) is 6.54. The van der Waals surface area contributed by atoms with Crippen LogP contribution in [0.15, 0.2) is 73.3 Å². The van der Waals surface area contributed by atoms with Gasteiger partial charge in [-0.15, -0.1) is 0 Å². The van der Waals surface area contributed by atoms with Gasteiger partial charge in [-0.05, 0) is 53.8 Å². The number of aromatic nitrogens is 5. The third kappa shape index (κ3) is 7.58. The second-order valence-electron chi connectivity index (χ2n) is 12.3. The Morgan fingerprint density at radius 2 is 1.78 bits per heavy atom. The Morgan fingerprint density at radius 1 is 1.02 bits per heavy atom. The molecule has 0 saturated carbocycles. The van der Waals surface area contributed by atoms with Gasteiger partial charge in [0, 0.05) is 66.9 Å². The van der Waals surface area contributed by atoms with Crippen LogP contribution in [0, 0.1) is 11.8 Å². The van der Waals surface area contributed by atoms with Crippen molar-refractivity contribution in [3.63, 3.8) is 0 Å². The van der Waals surface area contributed by atoms with Gasteiger partial charge in [0.05, 0.1) is 25.1 Å². The number of ether oxygens (including phenoxy) is 2. The molecule has 2 atom stereocenters. The second-order valence-corrected chi connectivity index (χ2v) is 13.1. The monoisotopic (exact) mass is 724 g/mol. The number of halogens is 4. The number of carbonyl (C=O) groups is 2. The van der Waals surface area contributed by atoms with E-state index in [0.717, 1.165) is 25.2 Å². The molecule has 50 heavy (non-hydrogen) atoms. The zero-order chi connectivity index (χ0) is 34.8. The van der Waals surface area contributed by atoms with E-state index in [1.54, 1.807) is 12.3 Å². The molecule has 3 aromatic heterocycles. The lowest BCUT2D eigenvalue weighted by Crippen LogP contribution is -2.36. The predicted molar refractivity (Wildman–Crippen MR) is 181 cm³/mol. The molecule has 0 radical (unpaired) electrons. The Morgan fingerprint density at radius 3 is 2.54 bits per heavy atom. The summed E-state index contributed by atoms with van der Waals surface area (Å²) < 4.78 is 40.2.